The van der Waals surface area contributed by atoms with Crippen LogP contribution in [0.25, 0.3) is 0 Å². The van der Waals surface area contributed by atoms with Crippen LogP contribution >= 0.6 is 0 Å². The van der Waals surface area contributed by atoms with E-state index < -0.39 is 0 Å². The molecule has 0 aliphatic heterocycles. The summed E-state index contributed by atoms with van der Waals surface area (Å²) in [5.41, 5.74) is 0. The average Bonchev–Trinajstić information content (AvgIpc) is 2.60. The van der Waals surface area contributed by atoms with Crippen LogP contribution in [0.1, 0.15) is 46.0 Å². The van der Waals surface area contributed by atoms with Gasteiger partial charge in [-0.2, -0.15) is 0 Å². The molecule has 0 N–H and O–H groups in total. The quantitative estimate of drug-likeness (QED) is 0.280. The van der Waals surface area contributed by atoms with Crippen LogP contribution in [0.5, 0.6) is 0 Å². The lowest BCUT2D eigenvalue weighted by atomic mass is 10.1. The van der Waals surface area contributed by atoms with Gasteiger partial charge in [0.25, 0.3) is 0 Å². The maximum absolute atomic E-state index is 11.4. The molecule has 0 aliphatic rings. The molecule has 0 aromatic rings. The van der Waals surface area contributed by atoms with E-state index in [1.165, 1.54) is 0 Å². The van der Waals surface area contributed by atoms with Crippen molar-refractivity contribution in [2.75, 3.05) is 60.0 Å². The first kappa shape index (κ1) is 23.3. The third-order valence-electron chi connectivity index (χ3n) is 3.48. The molecule has 0 aromatic carbocycles. The molecule has 6 nitrogen and oxygen atoms in total. The van der Waals surface area contributed by atoms with E-state index in [0.717, 1.165) is 58.5 Å². The van der Waals surface area contributed by atoms with Crippen molar-refractivity contribution >= 4 is 5.97 Å². The van der Waals surface area contributed by atoms with Gasteiger partial charge in [-0.25, -0.2) is 0 Å². The molecule has 6 heteroatoms. The van der Waals surface area contributed by atoms with E-state index >= 15 is 0 Å². The zero-order valence-electron chi connectivity index (χ0n) is 15.7. The number of ether oxygens (including phenoxy) is 5. The van der Waals surface area contributed by atoms with E-state index in [0.29, 0.717) is 26.4 Å². The maximum atomic E-state index is 11.4. The van der Waals surface area contributed by atoms with Gasteiger partial charge < -0.3 is 23.7 Å². The summed E-state index contributed by atoms with van der Waals surface area (Å²) in [6, 6.07) is 0. The summed E-state index contributed by atoms with van der Waals surface area (Å²) in [5, 5.41) is 0. The lowest BCUT2D eigenvalue weighted by molar-refractivity contribution is -0.148. The first-order valence-electron chi connectivity index (χ1n) is 9.11. The zero-order valence-corrected chi connectivity index (χ0v) is 15.7. The Kier molecular flexibility index (Phi) is 18.1. The maximum Gasteiger partial charge on any atom is 0.308 e. The molecule has 0 saturated carbocycles. The van der Waals surface area contributed by atoms with Crippen molar-refractivity contribution in [3.8, 4) is 0 Å². The van der Waals surface area contributed by atoms with Crippen LogP contribution in [-0.2, 0) is 28.5 Å². The Hall–Kier alpha value is -0.690. The van der Waals surface area contributed by atoms with E-state index in [9.17, 15) is 4.79 Å². The van der Waals surface area contributed by atoms with Crippen molar-refractivity contribution in [1.82, 2.24) is 0 Å². The SMILES string of the molecule is CCC(C)C(=O)OCCCOCCCOCCCOCCCOC. The number of hydrogen-bond donors (Lipinski definition) is 0. The Morgan fingerprint density at radius 3 is 1.58 bits per heavy atom. The van der Waals surface area contributed by atoms with Gasteiger partial charge in [0.1, 0.15) is 0 Å². The largest absolute Gasteiger partial charge is 0.465 e. The van der Waals surface area contributed by atoms with E-state index in [-0.39, 0.29) is 11.9 Å². The molecule has 0 heterocycles. The highest BCUT2D eigenvalue weighted by atomic mass is 16.5. The number of rotatable bonds is 18. The fourth-order valence-electron chi connectivity index (χ4n) is 1.78. The van der Waals surface area contributed by atoms with Crippen LogP contribution in [0.3, 0.4) is 0 Å². The number of carbonyl (C=O) groups is 1. The minimum absolute atomic E-state index is 0.0150. The second kappa shape index (κ2) is 18.6. The van der Waals surface area contributed by atoms with E-state index in [2.05, 4.69) is 0 Å². The van der Waals surface area contributed by atoms with Crippen LogP contribution in [0.15, 0.2) is 0 Å². The summed E-state index contributed by atoms with van der Waals surface area (Å²) in [6.45, 7) is 9.22. The van der Waals surface area contributed by atoms with Crippen LogP contribution < -0.4 is 0 Å². The second-order valence-electron chi connectivity index (χ2n) is 5.72. The Morgan fingerprint density at radius 2 is 1.17 bits per heavy atom. The number of hydrogen-bond acceptors (Lipinski definition) is 6. The first-order chi connectivity index (χ1) is 11.7. The van der Waals surface area contributed by atoms with Gasteiger partial charge >= 0.3 is 5.97 Å². The molecule has 0 bridgehead atoms. The number of methoxy groups -OCH3 is 1. The number of carbonyl (C=O) groups excluding carboxylic acids is 1. The number of esters is 1. The summed E-state index contributed by atoms with van der Waals surface area (Å²) in [5.74, 6) is -0.132. The molecule has 24 heavy (non-hydrogen) atoms. The average molecular weight is 348 g/mol. The topological polar surface area (TPSA) is 63.2 Å². The fourth-order valence-corrected chi connectivity index (χ4v) is 1.78. The van der Waals surface area contributed by atoms with E-state index in [1.807, 2.05) is 13.8 Å². The molecule has 144 valence electrons. The van der Waals surface area contributed by atoms with Crippen molar-refractivity contribution in [1.29, 1.82) is 0 Å². The van der Waals surface area contributed by atoms with Gasteiger partial charge in [-0.3, -0.25) is 4.79 Å². The van der Waals surface area contributed by atoms with Gasteiger partial charge in [0.15, 0.2) is 0 Å². The summed E-state index contributed by atoms with van der Waals surface area (Å²) >= 11 is 0. The van der Waals surface area contributed by atoms with Crippen molar-refractivity contribution in [2.24, 2.45) is 5.92 Å². The lowest BCUT2D eigenvalue weighted by Crippen LogP contribution is -2.15. The second-order valence-corrected chi connectivity index (χ2v) is 5.72. The van der Waals surface area contributed by atoms with Gasteiger partial charge in [-0.05, 0) is 25.7 Å². The third kappa shape index (κ3) is 16.2. The first-order valence-corrected chi connectivity index (χ1v) is 9.11. The Bertz CT molecular complexity index is 272. The van der Waals surface area contributed by atoms with Crippen molar-refractivity contribution in [3.63, 3.8) is 0 Å². The van der Waals surface area contributed by atoms with Gasteiger partial charge in [-0.15, -0.1) is 0 Å². The highest BCUT2D eigenvalue weighted by molar-refractivity contribution is 5.71. The van der Waals surface area contributed by atoms with Crippen LogP contribution in [0.2, 0.25) is 0 Å². The minimum atomic E-state index is -0.117. The summed E-state index contributed by atoms with van der Waals surface area (Å²) in [7, 11) is 1.69. The highest BCUT2D eigenvalue weighted by Gasteiger charge is 2.10. The standard InChI is InChI=1S/C18H36O6/c1-4-17(2)18(19)24-16-8-15-23-14-7-13-22-12-6-11-21-10-5-9-20-3/h17H,4-16H2,1-3H3. The van der Waals surface area contributed by atoms with Crippen LogP contribution in [-0.4, -0.2) is 65.9 Å². The Labute approximate surface area is 147 Å². The monoisotopic (exact) mass is 348 g/mol. The molecule has 0 fully saturated rings. The molecule has 1 atom stereocenters. The molecule has 1 unspecified atom stereocenters. The molecule has 0 radical (unpaired) electrons. The molecule has 0 rings (SSSR count). The Morgan fingerprint density at radius 1 is 0.750 bits per heavy atom. The normalized spacial score (nSPS) is 12.3. The predicted molar refractivity (Wildman–Crippen MR) is 93.2 cm³/mol. The predicted octanol–water partition coefficient (Wildman–Crippen LogP) is 2.83. The Balaban J connectivity index is 3.09. The summed E-state index contributed by atoms with van der Waals surface area (Å²) in [4.78, 5) is 11.4. The van der Waals surface area contributed by atoms with E-state index in [1.54, 1.807) is 7.11 Å². The molecular formula is C18H36O6. The molecule has 0 aromatic heterocycles. The summed E-state index contributed by atoms with van der Waals surface area (Å²) in [6.07, 6.45) is 4.28. The van der Waals surface area contributed by atoms with Gasteiger partial charge in [-0.1, -0.05) is 13.8 Å². The molecular weight excluding hydrogens is 312 g/mol. The molecule has 0 amide bonds. The molecule has 0 saturated heterocycles. The van der Waals surface area contributed by atoms with Crippen molar-refractivity contribution in [3.05, 3.63) is 0 Å². The van der Waals surface area contributed by atoms with Crippen molar-refractivity contribution < 1.29 is 28.5 Å². The van der Waals surface area contributed by atoms with Gasteiger partial charge in [0.05, 0.1) is 12.5 Å². The van der Waals surface area contributed by atoms with Crippen molar-refractivity contribution in [2.45, 2.75) is 46.0 Å². The third-order valence-corrected chi connectivity index (χ3v) is 3.48. The lowest BCUT2D eigenvalue weighted by Gasteiger charge is -2.09. The molecule has 0 spiro atoms. The van der Waals surface area contributed by atoms with Gasteiger partial charge in [0, 0.05) is 59.8 Å². The van der Waals surface area contributed by atoms with Crippen LogP contribution in [0.4, 0.5) is 0 Å². The fraction of sp³-hybridized carbons (Fsp3) is 0.944. The highest BCUT2D eigenvalue weighted by Crippen LogP contribution is 2.03. The van der Waals surface area contributed by atoms with E-state index in [4.69, 9.17) is 23.7 Å². The minimum Gasteiger partial charge on any atom is -0.465 e. The zero-order chi connectivity index (χ0) is 17.9. The summed E-state index contributed by atoms with van der Waals surface area (Å²) < 4.78 is 26.5. The van der Waals surface area contributed by atoms with Crippen LogP contribution in [0, 0.1) is 5.92 Å². The van der Waals surface area contributed by atoms with Gasteiger partial charge in [0.2, 0.25) is 0 Å². The smallest absolute Gasteiger partial charge is 0.308 e. The molecule has 0 aliphatic carbocycles.